The minimum absolute atomic E-state index is 0.0291. The molecule has 1 fully saturated rings. The van der Waals surface area contributed by atoms with Crippen LogP contribution in [0.15, 0.2) is 17.1 Å². The molecule has 2 aliphatic heterocycles. The van der Waals surface area contributed by atoms with E-state index in [9.17, 15) is 14.7 Å². The molecule has 0 bridgehead atoms. The number of rotatable bonds is 0. The summed E-state index contributed by atoms with van der Waals surface area (Å²) in [5.74, 6) is -0.770. The first-order valence-corrected chi connectivity index (χ1v) is 6.41. The van der Waals surface area contributed by atoms with Crippen LogP contribution in [0.1, 0.15) is 37.2 Å². The first kappa shape index (κ1) is 12.1. The predicted octanol–water partition coefficient (Wildman–Crippen LogP) is 0.699. The number of aromatic hydroxyl groups is 1. The van der Waals surface area contributed by atoms with Crippen molar-refractivity contribution in [3.8, 4) is 5.75 Å². The van der Waals surface area contributed by atoms with Crippen LogP contribution in [0.5, 0.6) is 5.75 Å². The zero-order chi connectivity index (χ0) is 13.8. The van der Waals surface area contributed by atoms with Crippen molar-refractivity contribution < 1.29 is 9.90 Å². The number of nitrogens with zero attached hydrogens (tertiary/aromatic N) is 2. The maximum absolute atomic E-state index is 12.5. The van der Waals surface area contributed by atoms with E-state index < -0.39 is 11.2 Å². The average molecular weight is 263 g/mol. The molecular formula is C13H17N3O3. The number of nitrogens with one attached hydrogen (secondary N) is 1. The molecule has 6 heteroatoms. The Balaban J connectivity index is 2.07. The predicted molar refractivity (Wildman–Crippen MR) is 69.6 cm³/mol. The summed E-state index contributed by atoms with van der Waals surface area (Å²) in [6.45, 7) is 4.85. The summed E-state index contributed by atoms with van der Waals surface area (Å²) in [4.78, 5) is 25.6. The second-order valence-electron chi connectivity index (χ2n) is 6.03. The van der Waals surface area contributed by atoms with Gasteiger partial charge >= 0.3 is 0 Å². The lowest BCUT2D eigenvalue weighted by molar-refractivity contribution is 0.0355. The Kier molecular flexibility index (Phi) is 2.39. The van der Waals surface area contributed by atoms with Crippen LogP contribution in [0.3, 0.4) is 0 Å². The van der Waals surface area contributed by atoms with Crippen molar-refractivity contribution in [2.75, 3.05) is 12.0 Å². The lowest BCUT2D eigenvalue weighted by atomic mass is 9.82. The molecule has 1 atom stereocenters. The van der Waals surface area contributed by atoms with Crippen LogP contribution < -0.4 is 10.9 Å². The number of fused-ring (bicyclic) bond motifs is 2. The number of pyridine rings is 1. The van der Waals surface area contributed by atoms with E-state index in [1.54, 1.807) is 4.90 Å². The van der Waals surface area contributed by atoms with Gasteiger partial charge in [0.2, 0.25) is 5.43 Å². The van der Waals surface area contributed by atoms with Crippen LogP contribution in [-0.2, 0) is 0 Å². The van der Waals surface area contributed by atoms with E-state index in [-0.39, 0.29) is 23.2 Å². The Labute approximate surface area is 110 Å². The third kappa shape index (κ3) is 1.78. The number of aromatic nitrogens is 1. The van der Waals surface area contributed by atoms with E-state index in [1.807, 2.05) is 0 Å². The summed E-state index contributed by atoms with van der Waals surface area (Å²) >= 11 is 0. The first-order chi connectivity index (χ1) is 8.89. The van der Waals surface area contributed by atoms with Crippen LogP contribution >= 0.6 is 0 Å². The lowest BCUT2D eigenvalue weighted by Gasteiger charge is -2.47. The summed E-state index contributed by atoms with van der Waals surface area (Å²) in [6.07, 6.45) is 3.29. The van der Waals surface area contributed by atoms with Crippen molar-refractivity contribution in [1.82, 2.24) is 9.58 Å². The van der Waals surface area contributed by atoms with Gasteiger partial charge < -0.3 is 15.4 Å². The van der Waals surface area contributed by atoms with E-state index in [4.69, 9.17) is 0 Å². The number of piperidine rings is 1. The Morgan fingerprint density at radius 2 is 2.16 bits per heavy atom. The van der Waals surface area contributed by atoms with Crippen LogP contribution in [0, 0.1) is 5.41 Å². The molecule has 1 unspecified atom stereocenters. The smallest absolute Gasteiger partial charge is 0.278 e. The molecule has 0 aromatic carbocycles. The third-order valence-corrected chi connectivity index (χ3v) is 3.89. The average Bonchev–Trinajstić information content (AvgIpc) is 2.34. The van der Waals surface area contributed by atoms with Crippen molar-refractivity contribution >= 4 is 5.91 Å². The Morgan fingerprint density at radius 3 is 2.89 bits per heavy atom. The quantitative estimate of drug-likeness (QED) is 0.722. The van der Waals surface area contributed by atoms with E-state index in [1.165, 1.54) is 16.9 Å². The van der Waals surface area contributed by atoms with E-state index in [0.717, 1.165) is 12.8 Å². The molecular weight excluding hydrogens is 246 g/mol. The molecule has 6 nitrogen and oxygen atoms in total. The standard InChI is InChI=1S/C13H17N3O3/c1-13(2)5-3-9-14-16-6-4-8(17)11(18)10(16)12(19)15(9)7-13/h4,6,9,14,18H,3,5,7H2,1-2H3. The zero-order valence-corrected chi connectivity index (χ0v) is 11.0. The highest BCUT2D eigenvalue weighted by Gasteiger charge is 2.41. The number of amides is 1. The van der Waals surface area contributed by atoms with E-state index >= 15 is 0 Å². The second kappa shape index (κ2) is 3.76. The van der Waals surface area contributed by atoms with Crippen molar-refractivity contribution in [3.63, 3.8) is 0 Å². The van der Waals surface area contributed by atoms with E-state index in [0.29, 0.717) is 6.54 Å². The summed E-state index contributed by atoms with van der Waals surface area (Å²) in [5, 5.41) is 9.81. The minimum Gasteiger partial charge on any atom is -0.502 e. The van der Waals surface area contributed by atoms with Crippen LogP contribution in [-0.4, -0.2) is 33.3 Å². The topological polar surface area (TPSA) is 74.6 Å². The third-order valence-electron chi connectivity index (χ3n) is 3.89. The molecule has 3 heterocycles. The first-order valence-electron chi connectivity index (χ1n) is 6.41. The molecule has 2 N–H and O–H groups in total. The van der Waals surface area contributed by atoms with Gasteiger partial charge in [-0.15, -0.1) is 0 Å². The molecule has 102 valence electrons. The normalized spacial score (nSPS) is 24.4. The molecule has 0 aliphatic carbocycles. The number of carbonyl (C=O) groups excluding carboxylic acids is 1. The SMILES string of the molecule is CC1(C)CCC2Nn3ccc(=O)c(O)c3C(=O)N2C1. The van der Waals surface area contributed by atoms with Gasteiger partial charge in [0, 0.05) is 18.8 Å². The lowest BCUT2D eigenvalue weighted by Crippen LogP contribution is -2.59. The summed E-state index contributed by atoms with van der Waals surface area (Å²) in [7, 11) is 0. The molecule has 19 heavy (non-hydrogen) atoms. The Morgan fingerprint density at radius 1 is 1.42 bits per heavy atom. The molecule has 0 spiro atoms. The highest BCUT2D eigenvalue weighted by molar-refractivity contribution is 5.96. The molecule has 0 saturated carbocycles. The minimum atomic E-state index is -0.531. The van der Waals surface area contributed by atoms with Gasteiger partial charge in [0.1, 0.15) is 6.17 Å². The Bertz CT molecular complexity index is 606. The fourth-order valence-electron chi connectivity index (χ4n) is 2.82. The zero-order valence-electron chi connectivity index (χ0n) is 11.0. The molecule has 0 radical (unpaired) electrons. The molecule has 1 aromatic rings. The van der Waals surface area contributed by atoms with Crippen molar-refractivity contribution in [3.05, 3.63) is 28.2 Å². The second-order valence-corrected chi connectivity index (χ2v) is 6.03. The van der Waals surface area contributed by atoms with Gasteiger partial charge in [0.05, 0.1) is 0 Å². The molecule has 1 saturated heterocycles. The molecule has 1 amide bonds. The van der Waals surface area contributed by atoms with Crippen molar-refractivity contribution in [1.29, 1.82) is 0 Å². The maximum atomic E-state index is 12.5. The monoisotopic (exact) mass is 263 g/mol. The molecule has 3 rings (SSSR count). The van der Waals surface area contributed by atoms with Gasteiger partial charge in [0.15, 0.2) is 11.4 Å². The summed E-state index contributed by atoms with van der Waals surface area (Å²) < 4.78 is 1.46. The fraction of sp³-hybridized carbons (Fsp3) is 0.538. The number of hydrogen-bond donors (Lipinski definition) is 2. The van der Waals surface area contributed by atoms with Crippen LogP contribution in [0.25, 0.3) is 0 Å². The molecule has 1 aromatic heterocycles. The van der Waals surface area contributed by atoms with Gasteiger partial charge in [-0.05, 0) is 18.3 Å². The van der Waals surface area contributed by atoms with Gasteiger partial charge in [-0.2, -0.15) is 0 Å². The van der Waals surface area contributed by atoms with Crippen molar-refractivity contribution in [2.45, 2.75) is 32.9 Å². The van der Waals surface area contributed by atoms with Gasteiger partial charge in [-0.1, -0.05) is 13.8 Å². The summed E-state index contributed by atoms with van der Waals surface area (Å²) in [6, 6.07) is 1.25. The van der Waals surface area contributed by atoms with Crippen LogP contribution in [0.4, 0.5) is 0 Å². The van der Waals surface area contributed by atoms with Crippen LogP contribution in [0.2, 0.25) is 0 Å². The van der Waals surface area contributed by atoms with Gasteiger partial charge in [-0.3, -0.25) is 14.3 Å². The largest absolute Gasteiger partial charge is 0.502 e. The maximum Gasteiger partial charge on any atom is 0.278 e. The van der Waals surface area contributed by atoms with Crippen molar-refractivity contribution in [2.24, 2.45) is 5.41 Å². The summed E-state index contributed by atoms with van der Waals surface area (Å²) in [5.41, 5.74) is 2.71. The van der Waals surface area contributed by atoms with E-state index in [2.05, 4.69) is 19.3 Å². The highest BCUT2D eigenvalue weighted by Crippen LogP contribution is 2.34. The Hall–Kier alpha value is -1.98. The number of hydrogen-bond acceptors (Lipinski definition) is 4. The fourth-order valence-corrected chi connectivity index (χ4v) is 2.82. The number of carbonyl (C=O) groups is 1. The highest BCUT2D eigenvalue weighted by atomic mass is 16.3. The molecule has 2 aliphatic rings. The van der Waals surface area contributed by atoms with Gasteiger partial charge in [0.25, 0.3) is 5.91 Å². The van der Waals surface area contributed by atoms with Gasteiger partial charge in [-0.25, -0.2) is 0 Å².